The van der Waals surface area contributed by atoms with E-state index in [1.165, 1.54) is 12.1 Å². The van der Waals surface area contributed by atoms with Crippen LogP contribution < -0.4 is 10.2 Å². The molecule has 0 bridgehead atoms. The molecular formula is C19H18Cl2F4N4O. The summed E-state index contributed by atoms with van der Waals surface area (Å²) in [5.74, 6) is -0.628. The van der Waals surface area contributed by atoms with Crippen molar-refractivity contribution in [3.05, 3.63) is 51.9 Å². The number of aromatic nitrogens is 1. The van der Waals surface area contributed by atoms with Gasteiger partial charge in [0.15, 0.2) is 0 Å². The zero-order valence-electron chi connectivity index (χ0n) is 15.6. The number of hydrogen-bond donors (Lipinski definition) is 1. The quantitative estimate of drug-likeness (QED) is 0.651. The van der Waals surface area contributed by atoms with Crippen molar-refractivity contribution in [1.29, 1.82) is 0 Å². The molecule has 0 radical (unpaired) electrons. The molecule has 0 saturated carbocycles. The van der Waals surface area contributed by atoms with Gasteiger partial charge in [0.05, 0.1) is 16.3 Å². The van der Waals surface area contributed by atoms with Gasteiger partial charge >= 0.3 is 6.18 Å². The molecule has 1 aliphatic rings. The largest absolute Gasteiger partial charge is 0.417 e. The molecule has 1 saturated heterocycles. The second kappa shape index (κ2) is 9.36. The van der Waals surface area contributed by atoms with Crippen LogP contribution in [0, 0.1) is 5.82 Å². The maximum atomic E-state index is 13.7. The van der Waals surface area contributed by atoms with Crippen LogP contribution in [-0.2, 0) is 11.0 Å². The van der Waals surface area contributed by atoms with Crippen molar-refractivity contribution in [2.24, 2.45) is 0 Å². The molecule has 0 atom stereocenters. The van der Waals surface area contributed by atoms with Gasteiger partial charge in [0, 0.05) is 50.4 Å². The van der Waals surface area contributed by atoms with Gasteiger partial charge in [0.25, 0.3) is 0 Å². The van der Waals surface area contributed by atoms with Crippen molar-refractivity contribution in [2.45, 2.75) is 12.6 Å². The molecule has 1 N–H and O–H groups in total. The van der Waals surface area contributed by atoms with E-state index in [-0.39, 0.29) is 28.1 Å². The van der Waals surface area contributed by atoms with Crippen LogP contribution in [0.5, 0.6) is 0 Å². The number of halogens is 6. The van der Waals surface area contributed by atoms with Crippen molar-refractivity contribution < 1.29 is 22.4 Å². The number of pyridine rings is 1. The first kappa shape index (κ1) is 22.6. The maximum absolute atomic E-state index is 13.7. The van der Waals surface area contributed by atoms with E-state index in [1.807, 2.05) is 9.80 Å². The number of benzene rings is 1. The average Bonchev–Trinajstić information content (AvgIpc) is 2.68. The number of carbonyl (C=O) groups is 1. The smallest absolute Gasteiger partial charge is 0.353 e. The molecule has 2 heterocycles. The van der Waals surface area contributed by atoms with E-state index in [0.29, 0.717) is 38.5 Å². The lowest BCUT2D eigenvalue weighted by Gasteiger charge is -2.35. The fourth-order valence-electron chi connectivity index (χ4n) is 3.06. The summed E-state index contributed by atoms with van der Waals surface area (Å²) >= 11 is 11.7. The molecule has 1 amide bonds. The molecule has 162 valence electrons. The Balaban J connectivity index is 1.48. The molecule has 1 aliphatic heterocycles. The summed E-state index contributed by atoms with van der Waals surface area (Å²) in [7, 11) is 0. The van der Waals surface area contributed by atoms with Crippen LogP contribution in [0.25, 0.3) is 0 Å². The molecule has 11 heteroatoms. The van der Waals surface area contributed by atoms with E-state index in [9.17, 15) is 22.4 Å². The fraction of sp³-hybridized carbons (Fsp3) is 0.368. The van der Waals surface area contributed by atoms with Crippen molar-refractivity contribution in [1.82, 2.24) is 9.88 Å². The zero-order valence-corrected chi connectivity index (χ0v) is 17.2. The first-order chi connectivity index (χ1) is 14.1. The van der Waals surface area contributed by atoms with Crippen LogP contribution >= 0.6 is 23.2 Å². The lowest BCUT2D eigenvalue weighted by Crippen LogP contribution is -2.47. The number of nitrogens with one attached hydrogen (secondary N) is 1. The summed E-state index contributed by atoms with van der Waals surface area (Å²) in [5, 5.41) is 2.70. The number of piperazine rings is 1. The maximum Gasteiger partial charge on any atom is 0.417 e. The third-order valence-corrected chi connectivity index (χ3v) is 5.19. The van der Waals surface area contributed by atoms with Crippen LogP contribution in [0.15, 0.2) is 30.5 Å². The van der Waals surface area contributed by atoms with Crippen LogP contribution in [0.4, 0.5) is 29.1 Å². The molecule has 30 heavy (non-hydrogen) atoms. The Morgan fingerprint density at radius 3 is 2.43 bits per heavy atom. The van der Waals surface area contributed by atoms with Crippen LogP contribution in [0.1, 0.15) is 12.0 Å². The second-order valence-corrected chi connectivity index (χ2v) is 7.62. The van der Waals surface area contributed by atoms with Crippen LogP contribution in [0.2, 0.25) is 10.0 Å². The summed E-state index contributed by atoms with van der Waals surface area (Å²) in [6.45, 7) is 2.64. The van der Waals surface area contributed by atoms with Gasteiger partial charge in [-0.2, -0.15) is 13.2 Å². The lowest BCUT2D eigenvalue weighted by molar-refractivity contribution is -0.137. The fourth-order valence-corrected chi connectivity index (χ4v) is 3.51. The van der Waals surface area contributed by atoms with E-state index >= 15 is 0 Å². The third-order valence-electron chi connectivity index (χ3n) is 4.68. The number of hydrogen-bond acceptors (Lipinski definition) is 4. The molecule has 1 aromatic heterocycles. The third kappa shape index (κ3) is 5.74. The number of carbonyl (C=O) groups excluding carboxylic acids is 1. The predicted octanol–water partition coefficient (Wildman–Crippen LogP) is 4.70. The molecule has 0 aliphatic carbocycles. The zero-order chi connectivity index (χ0) is 21.9. The predicted molar refractivity (Wildman–Crippen MR) is 108 cm³/mol. The molecule has 2 aromatic rings. The first-order valence-electron chi connectivity index (χ1n) is 9.08. The highest BCUT2D eigenvalue weighted by Gasteiger charge is 2.32. The number of rotatable bonds is 5. The topological polar surface area (TPSA) is 48.5 Å². The number of nitrogens with zero attached hydrogens (tertiary/aromatic N) is 3. The number of anilines is 2. The van der Waals surface area contributed by atoms with E-state index in [0.717, 1.165) is 18.3 Å². The highest BCUT2D eigenvalue weighted by atomic mass is 35.5. The van der Waals surface area contributed by atoms with E-state index in [1.54, 1.807) is 0 Å². The Kier molecular flexibility index (Phi) is 7.05. The monoisotopic (exact) mass is 464 g/mol. The van der Waals surface area contributed by atoms with Crippen LogP contribution in [-0.4, -0.2) is 48.5 Å². The number of alkyl halides is 3. The van der Waals surface area contributed by atoms with Crippen molar-refractivity contribution in [3.8, 4) is 0 Å². The second-order valence-electron chi connectivity index (χ2n) is 6.78. The summed E-state index contributed by atoms with van der Waals surface area (Å²) in [6.07, 6.45) is -3.56. The number of amides is 1. The average molecular weight is 465 g/mol. The van der Waals surface area contributed by atoms with Gasteiger partial charge in [-0.05, 0) is 24.3 Å². The normalized spacial score (nSPS) is 15.3. The lowest BCUT2D eigenvalue weighted by atomic mass is 10.2. The minimum atomic E-state index is -4.50. The SMILES string of the molecule is O=C(CCN1CCN(c2ncc(C(F)(F)F)cc2Cl)CC1)Nc1ccc(Cl)cc1F. The Morgan fingerprint density at radius 1 is 1.13 bits per heavy atom. The summed E-state index contributed by atoms with van der Waals surface area (Å²) in [5.41, 5.74) is -0.824. The Hall–Kier alpha value is -2.10. The molecule has 1 aromatic carbocycles. The van der Waals surface area contributed by atoms with Gasteiger partial charge in [-0.15, -0.1) is 0 Å². The minimum Gasteiger partial charge on any atom is -0.353 e. The van der Waals surface area contributed by atoms with E-state index in [4.69, 9.17) is 23.2 Å². The standard InChI is InChI=1S/C19H18Cl2F4N4O/c20-13-1-2-16(15(22)10-13)27-17(30)3-4-28-5-7-29(8-6-28)18-14(21)9-12(11-26-18)19(23,24)25/h1-2,9-11H,3-8H2,(H,27,30). The van der Waals surface area contributed by atoms with Crippen molar-refractivity contribution in [2.75, 3.05) is 42.9 Å². The molecule has 3 rings (SSSR count). The van der Waals surface area contributed by atoms with Gasteiger partial charge < -0.3 is 10.2 Å². The molecule has 0 spiro atoms. The van der Waals surface area contributed by atoms with Gasteiger partial charge in [-0.25, -0.2) is 9.37 Å². The Labute approximate surface area is 180 Å². The van der Waals surface area contributed by atoms with Gasteiger partial charge in [-0.1, -0.05) is 23.2 Å². The first-order valence-corrected chi connectivity index (χ1v) is 9.84. The Bertz CT molecular complexity index is 918. The summed E-state index contributed by atoms with van der Waals surface area (Å²) in [4.78, 5) is 19.8. The van der Waals surface area contributed by atoms with Crippen LogP contribution in [0.3, 0.4) is 0 Å². The van der Waals surface area contributed by atoms with E-state index < -0.39 is 17.6 Å². The highest BCUT2D eigenvalue weighted by Crippen LogP contribution is 2.33. The molecule has 1 fully saturated rings. The Morgan fingerprint density at radius 2 is 1.83 bits per heavy atom. The molecule has 0 unspecified atom stereocenters. The molecule has 5 nitrogen and oxygen atoms in total. The van der Waals surface area contributed by atoms with Gasteiger partial charge in [-0.3, -0.25) is 9.69 Å². The van der Waals surface area contributed by atoms with Gasteiger partial charge in [0.1, 0.15) is 11.6 Å². The minimum absolute atomic E-state index is 0.0531. The summed E-state index contributed by atoms with van der Waals surface area (Å²) < 4.78 is 52.0. The highest BCUT2D eigenvalue weighted by molar-refractivity contribution is 6.33. The van der Waals surface area contributed by atoms with E-state index in [2.05, 4.69) is 10.3 Å². The van der Waals surface area contributed by atoms with Crippen molar-refractivity contribution >= 4 is 40.6 Å². The molecular weight excluding hydrogens is 447 g/mol. The summed E-state index contributed by atoms with van der Waals surface area (Å²) in [6, 6.07) is 4.88. The van der Waals surface area contributed by atoms with Gasteiger partial charge in [0.2, 0.25) is 5.91 Å². The van der Waals surface area contributed by atoms with Crippen molar-refractivity contribution in [3.63, 3.8) is 0 Å².